The number of fused-ring (bicyclic) bond motifs is 1. The first kappa shape index (κ1) is 24.4. The van der Waals surface area contributed by atoms with E-state index < -0.39 is 0 Å². The molecule has 1 fully saturated rings. The zero-order valence-electron chi connectivity index (χ0n) is 17.8. The molecule has 1 atom stereocenters. The number of nitrogens with two attached hydrogens (primary N) is 1. The van der Waals surface area contributed by atoms with Gasteiger partial charge in [0.2, 0.25) is 11.8 Å². The van der Waals surface area contributed by atoms with Crippen LogP contribution in [0.25, 0.3) is 0 Å². The van der Waals surface area contributed by atoms with Gasteiger partial charge in [0.15, 0.2) is 5.96 Å². The maximum absolute atomic E-state index is 12.5. The topological polar surface area (TPSA) is 91.0 Å². The molecule has 0 aliphatic carbocycles. The van der Waals surface area contributed by atoms with Crippen molar-refractivity contribution in [2.24, 2.45) is 16.6 Å². The molecule has 30 heavy (non-hydrogen) atoms. The Kier molecular flexibility index (Phi) is 9.87. The molecule has 1 unspecified atom stereocenters. The number of nitrogens with one attached hydrogen (secondary N) is 1. The molecule has 3 rings (SSSR count). The number of hydrogen-bond acceptors (Lipinski definition) is 3. The first-order valence-electron chi connectivity index (χ1n) is 10.7. The number of benzene rings is 1. The van der Waals surface area contributed by atoms with E-state index in [-0.39, 0.29) is 35.8 Å². The lowest BCUT2D eigenvalue weighted by Crippen LogP contribution is -2.47. The number of primary amides is 1. The van der Waals surface area contributed by atoms with Crippen LogP contribution in [0.5, 0.6) is 0 Å². The van der Waals surface area contributed by atoms with Gasteiger partial charge >= 0.3 is 0 Å². The second kappa shape index (κ2) is 12.1. The van der Waals surface area contributed by atoms with Crippen molar-refractivity contribution in [1.29, 1.82) is 0 Å². The molecule has 0 saturated carbocycles. The summed E-state index contributed by atoms with van der Waals surface area (Å²) in [6.07, 6.45) is 3.75. The third kappa shape index (κ3) is 6.85. The van der Waals surface area contributed by atoms with Crippen LogP contribution < -0.4 is 11.1 Å². The smallest absolute Gasteiger partial charge is 0.223 e. The largest absolute Gasteiger partial charge is 0.370 e. The highest BCUT2D eigenvalue weighted by Gasteiger charge is 2.24. The van der Waals surface area contributed by atoms with Crippen LogP contribution in [-0.2, 0) is 22.7 Å². The van der Waals surface area contributed by atoms with Crippen LogP contribution in [0.4, 0.5) is 0 Å². The number of nitrogens with zero attached hydrogens (tertiary/aromatic N) is 3. The van der Waals surface area contributed by atoms with Gasteiger partial charge in [-0.05, 0) is 43.2 Å². The Balaban J connectivity index is 0.00000320. The van der Waals surface area contributed by atoms with Crippen molar-refractivity contribution >= 4 is 41.8 Å². The molecule has 2 amide bonds. The molecular formula is C22H34IN5O2. The Morgan fingerprint density at radius 2 is 1.90 bits per heavy atom. The van der Waals surface area contributed by atoms with Crippen molar-refractivity contribution in [3.05, 3.63) is 35.4 Å². The summed E-state index contributed by atoms with van der Waals surface area (Å²) < 4.78 is 0. The van der Waals surface area contributed by atoms with Crippen molar-refractivity contribution < 1.29 is 9.59 Å². The Morgan fingerprint density at radius 3 is 2.53 bits per heavy atom. The van der Waals surface area contributed by atoms with Gasteiger partial charge in [-0.25, -0.2) is 0 Å². The highest BCUT2D eigenvalue weighted by molar-refractivity contribution is 14.0. The molecule has 2 aliphatic rings. The summed E-state index contributed by atoms with van der Waals surface area (Å²) in [7, 11) is 0. The van der Waals surface area contributed by atoms with E-state index >= 15 is 0 Å². The second-order valence-corrected chi connectivity index (χ2v) is 7.98. The summed E-state index contributed by atoms with van der Waals surface area (Å²) in [5, 5.41) is 3.35. The highest BCUT2D eigenvalue weighted by atomic mass is 127. The maximum atomic E-state index is 12.5. The first-order valence-corrected chi connectivity index (χ1v) is 10.7. The molecule has 3 N–H and O–H groups in total. The van der Waals surface area contributed by atoms with Gasteiger partial charge in [-0.3, -0.25) is 14.6 Å². The third-order valence-electron chi connectivity index (χ3n) is 5.65. The van der Waals surface area contributed by atoms with E-state index in [1.807, 2.05) is 17.0 Å². The lowest BCUT2D eigenvalue weighted by Gasteiger charge is -2.34. The van der Waals surface area contributed by atoms with Crippen LogP contribution in [0, 0.1) is 5.92 Å². The van der Waals surface area contributed by atoms with E-state index in [2.05, 4.69) is 29.3 Å². The Morgan fingerprint density at radius 1 is 1.20 bits per heavy atom. The average molecular weight is 527 g/mol. The van der Waals surface area contributed by atoms with E-state index in [4.69, 9.17) is 10.7 Å². The van der Waals surface area contributed by atoms with Gasteiger partial charge in [0, 0.05) is 52.1 Å². The zero-order valence-corrected chi connectivity index (χ0v) is 20.1. The summed E-state index contributed by atoms with van der Waals surface area (Å²) in [4.78, 5) is 32.7. The molecule has 8 heteroatoms. The van der Waals surface area contributed by atoms with Crippen molar-refractivity contribution in [2.45, 2.75) is 52.1 Å². The van der Waals surface area contributed by atoms with Crippen LogP contribution >= 0.6 is 24.0 Å². The lowest BCUT2D eigenvalue weighted by molar-refractivity contribution is -0.131. The van der Waals surface area contributed by atoms with Crippen LogP contribution in [0.15, 0.2) is 29.3 Å². The summed E-state index contributed by atoms with van der Waals surface area (Å²) in [5.41, 5.74) is 7.88. The number of carbonyl (C=O) groups is 2. The van der Waals surface area contributed by atoms with Gasteiger partial charge in [-0.2, -0.15) is 0 Å². The molecule has 1 aromatic rings. The van der Waals surface area contributed by atoms with E-state index in [9.17, 15) is 9.59 Å². The number of piperidine rings is 1. The van der Waals surface area contributed by atoms with E-state index in [0.717, 1.165) is 57.9 Å². The van der Waals surface area contributed by atoms with Gasteiger partial charge in [0.05, 0.1) is 0 Å². The fraction of sp³-hybridized carbons (Fsp3) is 0.591. The summed E-state index contributed by atoms with van der Waals surface area (Å²) in [5.74, 6) is 1.13. The maximum Gasteiger partial charge on any atom is 0.223 e. The molecule has 0 bridgehead atoms. The molecule has 1 saturated heterocycles. The van der Waals surface area contributed by atoms with E-state index in [1.165, 1.54) is 11.1 Å². The highest BCUT2D eigenvalue weighted by Crippen LogP contribution is 2.23. The standard InChI is InChI=1S/C22H33N5O2.HI/c1-2-24-22(26-12-6-7-17(14-26)13-20(23)28)25-11-5-10-21(29)27-15-18-8-3-4-9-19(18)16-27;/h3-4,8-9,17H,2,5-7,10-16H2,1H3,(H2,23,28)(H,24,25);1H. The van der Waals surface area contributed by atoms with Crippen LogP contribution in [0.3, 0.4) is 0 Å². The number of aliphatic imine (C=N–C) groups is 1. The van der Waals surface area contributed by atoms with Gasteiger partial charge in [0.25, 0.3) is 0 Å². The van der Waals surface area contributed by atoms with Crippen molar-refractivity contribution in [3.63, 3.8) is 0 Å². The van der Waals surface area contributed by atoms with Gasteiger partial charge in [0.1, 0.15) is 0 Å². The molecule has 7 nitrogen and oxygen atoms in total. The fourth-order valence-electron chi connectivity index (χ4n) is 4.22. The van der Waals surface area contributed by atoms with Gasteiger partial charge < -0.3 is 20.9 Å². The SMILES string of the molecule is CCNC(=NCCCC(=O)N1Cc2ccccc2C1)N1CCCC(CC(N)=O)C1.I. The zero-order chi connectivity index (χ0) is 20.6. The Bertz CT molecular complexity index is 730. The molecular weight excluding hydrogens is 493 g/mol. The van der Waals surface area contributed by atoms with Crippen LogP contribution in [-0.4, -0.2) is 53.8 Å². The number of rotatable bonds is 7. The first-order chi connectivity index (χ1) is 14.1. The molecule has 0 aromatic heterocycles. The Hall–Kier alpha value is -1.84. The number of guanidine groups is 1. The number of amides is 2. The predicted molar refractivity (Wildman–Crippen MR) is 129 cm³/mol. The predicted octanol–water partition coefficient (Wildman–Crippen LogP) is 2.48. The monoisotopic (exact) mass is 527 g/mol. The van der Waals surface area contributed by atoms with Crippen LogP contribution in [0.2, 0.25) is 0 Å². The lowest BCUT2D eigenvalue weighted by atomic mass is 9.95. The van der Waals surface area contributed by atoms with Crippen molar-refractivity contribution in [3.8, 4) is 0 Å². The van der Waals surface area contributed by atoms with E-state index in [1.54, 1.807) is 0 Å². The minimum atomic E-state index is -0.235. The number of carbonyl (C=O) groups excluding carboxylic acids is 2. The second-order valence-electron chi connectivity index (χ2n) is 7.98. The molecule has 0 radical (unpaired) electrons. The average Bonchev–Trinajstić information content (AvgIpc) is 3.14. The normalized spacial score (nSPS) is 18.6. The number of halogens is 1. The van der Waals surface area contributed by atoms with Crippen molar-refractivity contribution in [1.82, 2.24) is 15.1 Å². The van der Waals surface area contributed by atoms with Crippen LogP contribution in [0.1, 0.15) is 50.2 Å². The summed E-state index contributed by atoms with van der Waals surface area (Å²) >= 11 is 0. The number of hydrogen-bond donors (Lipinski definition) is 2. The summed E-state index contributed by atoms with van der Waals surface area (Å²) in [6, 6.07) is 8.25. The molecule has 166 valence electrons. The molecule has 1 aromatic carbocycles. The Labute approximate surface area is 196 Å². The molecule has 2 aliphatic heterocycles. The summed E-state index contributed by atoms with van der Waals surface area (Å²) in [6.45, 7) is 6.64. The minimum absolute atomic E-state index is 0. The fourth-order valence-corrected chi connectivity index (χ4v) is 4.22. The third-order valence-corrected chi connectivity index (χ3v) is 5.65. The van der Waals surface area contributed by atoms with Gasteiger partial charge in [-0.15, -0.1) is 24.0 Å². The van der Waals surface area contributed by atoms with Gasteiger partial charge in [-0.1, -0.05) is 24.3 Å². The quantitative estimate of drug-likeness (QED) is 0.247. The molecule has 2 heterocycles. The minimum Gasteiger partial charge on any atom is -0.370 e. The molecule has 0 spiro atoms. The van der Waals surface area contributed by atoms with Crippen molar-refractivity contribution in [2.75, 3.05) is 26.2 Å². The van der Waals surface area contributed by atoms with E-state index in [0.29, 0.717) is 25.3 Å². The number of likely N-dealkylation sites (tertiary alicyclic amines) is 1.